The van der Waals surface area contributed by atoms with Gasteiger partial charge in [-0.2, -0.15) is 0 Å². The Balaban J connectivity index is 1.00. The number of carbonyl (C=O) groups excluding carboxylic acids is 2. The molecule has 0 radical (unpaired) electrons. The number of benzene rings is 3. The van der Waals surface area contributed by atoms with Crippen molar-refractivity contribution in [3.05, 3.63) is 142 Å². The first-order valence-electron chi connectivity index (χ1n) is 14.3. The lowest BCUT2D eigenvalue weighted by Crippen LogP contribution is -2.29. The van der Waals surface area contributed by atoms with Crippen molar-refractivity contribution in [2.75, 3.05) is 13.1 Å². The van der Waals surface area contributed by atoms with E-state index >= 15 is 8.78 Å². The highest BCUT2D eigenvalue weighted by Gasteiger charge is 2.35. The van der Waals surface area contributed by atoms with Gasteiger partial charge < -0.3 is 4.42 Å². The van der Waals surface area contributed by atoms with E-state index in [1.54, 1.807) is 24.3 Å². The quantitative estimate of drug-likeness (QED) is 0.212. The Hall–Kier alpha value is -5.22. The number of hydrogen-bond acceptors (Lipinski definition) is 6. The highest BCUT2D eigenvalue weighted by molar-refractivity contribution is 6.21. The molecule has 0 atom stereocenters. The Morgan fingerprint density at radius 1 is 0.818 bits per heavy atom. The van der Waals surface area contributed by atoms with Crippen molar-refractivity contribution < 1.29 is 22.8 Å². The van der Waals surface area contributed by atoms with E-state index < -0.39 is 23.4 Å². The van der Waals surface area contributed by atoms with E-state index in [0.717, 1.165) is 22.8 Å². The van der Waals surface area contributed by atoms with E-state index in [1.165, 1.54) is 28.6 Å². The summed E-state index contributed by atoms with van der Waals surface area (Å²) in [6.07, 6.45) is 4.52. The van der Waals surface area contributed by atoms with Crippen LogP contribution < -0.4 is 0 Å². The van der Waals surface area contributed by atoms with Crippen LogP contribution in [0.1, 0.15) is 55.5 Å². The lowest BCUT2D eigenvalue weighted by Gasteiger charge is -2.26. The molecular weight excluding hydrogens is 564 g/mol. The first-order chi connectivity index (χ1) is 21.4. The van der Waals surface area contributed by atoms with Crippen LogP contribution >= 0.6 is 0 Å². The van der Waals surface area contributed by atoms with Gasteiger partial charge in [-0.25, -0.2) is 13.5 Å². The van der Waals surface area contributed by atoms with Crippen molar-refractivity contribution in [3.63, 3.8) is 0 Å². The SMILES string of the molecule is O=C1c2ccccc2C(=O)N1Cc1cn(-c2cc(F)c(C3=CCN(Cc4ccc(Cc5ccccc5)o4)CC3)c(F)c2)nn1. The Bertz CT molecular complexity index is 1850. The number of hydrogen-bond donors (Lipinski definition) is 0. The summed E-state index contributed by atoms with van der Waals surface area (Å²) in [7, 11) is 0. The molecule has 5 aromatic rings. The average molecular weight is 592 g/mol. The predicted octanol–water partition coefficient (Wildman–Crippen LogP) is 5.81. The van der Waals surface area contributed by atoms with Crippen molar-refractivity contribution in [1.82, 2.24) is 24.8 Å². The van der Waals surface area contributed by atoms with Gasteiger partial charge in [0.2, 0.25) is 0 Å². The molecule has 10 heteroatoms. The fraction of sp³-hybridized carbons (Fsp3) is 0.176. The molecule has 4 heterocycles. The number of aromatic nitrogens is 3. The van der Waals surface area contributed by atoms with Crippen LogP contribution in [-0.4, -0.2) is 49.7 Å². The molecule has 0 aliphatic carbocycles. The van der Waals surface area contributed by atoms with Crippen molar-refractivity contribution in [1.29, 1.82) is 0 Å². The molecule has 0 saturated heterocycles. The Labute approximate surface area is 251 Å². The molecular formula is C34H27F2N5O3. The molecule has 0 unspecified atom stereocenters. The van der Waals surface area contributed by atoms with Crippen LogP contribution in [0, 0.1) is 11.6 Å². The first kappa shape index (κ1) is 27.6. The zero-order valence-electron chi connectivity index (χ0n) is 23.6. The number of halogens is 2. The molecule has 0 spiro atoms. The van der Waals surface area contributed by atoms with Crippen LogP contribution in [0.5, 0.6) is 0 Å². The molecule has 7 rings (SSSR count). The number of imide groups is 1. The van der Waals surface area contributed by atoms with Gasteiger partial charge in [0.05, 0.1) is 36.1 Å². The maximum atomic E-state index is 15.3. The highest BCUT2D eigenvalue weighted by atomic mass is 19.1. The summed E-state index contributed by atoms with van der Waals surface area (Å²) in [6.45, 7) is 1.67. The molecule has 3 aromatic carbocycles. The van der Waals surface area contributed by atoms with E-state index in [4.69, 9.17) is 4.42 Å². The fourth-order valence-corrected chi connectivity index (χ4v) is 5.74. The van der Waals surface area contributed by atoms with Gasteiger partial charge in [0.25, 0.3) is 11.8 Å². The molecule has 2 aliphatic rings. The summed E-state index contributed by atoms with van der Waals surface area (Å²) in [6, 6.07) is 23.1. The lowest BCUT2D eigenvalue weighted by molar-refractivity contribution is 0.0640. The highest BCUT2D eigenvalue weighted by Crippen LogP contribution is 2.30. The molecule has 0 saturated carbocycles. The van der Waals surface area contributed by atoms with E-state index in [-0.39, 0.29) is 17.8 Å². The van der Waals surface area contributed by atoms with Crippen molar-refractivity contribution in [2.24, 2.45) is 0 Å². The maximum absolute atomic E-state index is 15.3. The summed E-state index contributed by atoms with van der Waals surface area (Å²) in [5.41, 5.74) is 2.85. The Morgan fingerprint density at radius 3 is 2.18 bits per heavy atom. The second-order valence-corrected chi connectivity index (χ2v) is 10.9. The van der Waals surface area contributed by atoms with E-state index in [0.29, 0.717) is 48.4 Å². The van der Waals surface area contributed by atoms with Gasteiger partial charge in [0.15, 0.2) is 0 Å². The van der Waals surface area contributed by atoms with Crippen molar-refractivity contribution >= 4 is 17.4 Å². The van der Waals surface area contributed by atoms with E-state index in [9.17, 15) is 9.59 Å². The predicted molar refractivity (Wildman–Crippen MR) is 158 cm³/mol. The van der Waals surface area contributed by atoms with Crippen molar-refractivity contribution in [3.8, 4) is 5.69 Å². The van der Waals surface area contributed by atoms with Gasteiger partial charge in [-0.15, -0.1) is 5.10 Å². The normalized spacial score (nSPS) is 15.1. The zero-order valence-corrected chi connectivity index (χ0v) is 23.6. The zero-order chi connectivity index (χ0) is 30.2. The van der Waals surface area contributed by atoms with E-state index in [1.807, 2.05) is 36.4 Å². The second kappa shape index (κ2) is 11.5. The summed E-state index contributed by atoms with van der Waals surface area (Å²) in [5.74, 6) is -0.491. The average Bonchev–Trinajstić information content (AvgIpc) is 3.74. The number of rotatable bonds is 8. The minimum absolute atomic E-state index is 0.0529. The monoisotopic (exact) mass is 591 g/mol. The van der Waals surface area contributed by atoms with Gasteiger partial charge in [0, 0.05) is 37.2 Å². The molecule has 44 heavy (non-hydrogen) atoms. The smallest absolute Gasteiger partial charge is 0.261 e. The Kier molecular flexibility index (Phi) is 7.19. The third-order valence-electron chi connectivity index (χ3n) is 7.96. The third-order valence-corrected chi connectivity index (χ3v) is 7.96. The van der Waals surface area contributed by atoms with Gasteiger partial charge in [-0.1, -0.05) is 53.8 Å². The molecule has 2 aromatic heterocycles. The third kappa shape index (κ3) is 5.35. The molecule has 0 N–H and O–H groups in total. The summed E-state index contributed by atoms with van der Waals surface area (Å²) in [4.78, 5) is 28.6. The summed E-state index contributed by atoms with van der Waals surface area (Å²) < 4.78 is 37.9. The number of amides is 2. The van der Waals surface area contributed by atoms with Crippen LogP contribution in [0.25, 0.3) is 11.3 Å². The first-order valence-corrected chi connectivity index (χ1v) is 14.3. The standard InChI is InChI=1S/C34H27F2N5O3/c35-30-17-25(41-20-24(37-38-41)19-40-33(42)28-8-4-5-9-29(28)34(40)43)18-31(36)32(30)23-12-14-39(15-13-23)21-27-11-10-26(44-27)16-22-6-2-1-3-7-22/h1-12,17-18,20H,13-16,19,21H2. The topological polar surface area (TPSA) is 84.5 Å². The molecule has 2 aliphatic heterocycles. The second-order valence-electron chi connectivity index (χ2n) is 10.9. The summed E-state index contributed by atoms with van der Waals surface area (Å²) >= 11 is 0. The molecule has 2 amide bonds. The van der Waals surface area contributed by atoms with Crippen LogP contribution in [0.15, 0.2) is 95.6 Å². The number of carbonyl (C=O) groups is 2. The lowest BCUT2D eigenvalue weighted by atomic mass is 9.98. The fourth-order valence-electron chi connectivity index (χ4n) is 5.74. The summed E-state index contributed by atoms with van der Waals surface area (Å²) in [5, 5.41) is 8.00. The minimum Gasteiger partial charge on any atom is -0.464 e. The van der Waals surface area contributed by atoms with Crippen LogP contribution in [0.4, 0.5) is 8.78 Å². The molecule has 220 valence electrons. The largest absolute Gasteiger partial charge is 0.464 e. The van der Waals surface area contributed by atoms with Gasteiger partial charge in [0.1, 0.15) is 28.8 Å². The van der Waals surface area contributed by atoms with Crippen LogP contribution in [0.2, 0.25) is 0 Å². The molecule has 0 fully saturated rings. The number of fused-ring (bicyclic) bond motifs is 1. The van der Waals surface area contributed by atoms with Gasteiger partial charge in [-0.05, 0) is 41.8 Å². The van der Waals surface area contributed by atoms with Gasteiger partial charge >= 0.3 is 0 Å². The van der Waals surface area contributed by atoms with Crippen LogP contribution in [0.3, 0.4) is 0 Å². The maximum Gasteiger partial charge on any atom is 0.261 e. The Morgan fingerprint density at radius 2 is 1.50 bits per heavy atom. The number of nitrogens with zero attached hydrogens (tertiary/aromatic N) is 5. The minimum atomic E-state index is -0.700. The number of furan rings is 1. The van der Waals surface area contributed by atoms with Crippen molar-refractivity contribution in [2.45, 2.75) is 25.9 Å². The van der Waals surface area contributed by atoms with Crippen LogP contribution in [-0.2, 0) is 19.5 Å². The molecule has 0 bridgehead atoms. The van der Waals surface area contributed by atoms with E-state index in [2.05, 4.69) is 27.3 Å². The van der Waals surface area contributed by atoms with Gasteiger partial charge in [-0.3, -0.25) is 19.4 Å². The molecule has 8 nitrogen and oxygen atoms in total.